The molecule has 0 N–H and O–H groups in total. The Balaban J connectivity index is 2.92. The van der Waals surface area contributed by atoms with Gasteiger partial charge in [-0.2, -0.15) is 4.99 Å². The van der Waals surface area contributed by atoms with E-state index in [4.69, 9.17) is 23.2 Å². The van der Waals surface area contributed by atoms with Crippen LogP contribution in [0.2, 0.25) is 10.0 Å². The Labute approximate surface area is 106 Å². The molecule has 0 saturated carbocycles. The molecule has 0 atom stereocenters. The Morgan fingerprint density at radius 2 is 1.75 bits per heavy atom. The van der Waals surface area contributed by atoms with Crippen LogP contribution in [0.25, 0.3) is 0 Å². The van der Waals surface area contributed by atoms with Gasteiger partial charge in [-0.15, -0.1) is 0 Å². The third kappa shape index (κ3) is 4.36. The molecule has 0 unspecified atom stereocenters. The number of nitrogens with zero attached hydrogens (tertiary/aromatic N) is 2. The van der Waals surface area contributed by atoms with Gasteiger partial charge in [-0.25, -0.2) is 4.99 Å². The Kier molecular flexibility index (Phi) is 4.55. The molecule has 0 radical (unpaired) electrons. The summed E-state index contributed by atoms with van der Waals surface area (Å²) in [5, 5.41) is 1.12. The van der Waals surface area contributed by atoms with Crippen LogP contribution in [-0.2, 0) is 0 Å². The van der Waals surface area contributed by atoms with E-state index in [9.17, 15) is 0 Å². The van der Waals surface area contributed by atoms with Gasteiger partial charge in [0.1, 0.15) is 0 Å². The van der Waals surface area contributed by atoms with E-state index in [0.717, 1.165) is 6.42 Å². The lowest BCUT2D eigenvalue weighted by Crippen LogP contribution is -2.13. The summed E-state index contributed by atoms with van der Waals surface area (Å²) in [5.74, 6) is 0. The molecule has 0 saturated heterocycles. The Morgan fingerprint density at radius 3 is 2.25 bits per heavy atom. The zero-order chi connectivity index (χ0) is 12.2. The molecule has 0 aliphatic carbocycles. The van der Waals surface area contributed by atoms with Gasteiger partial charge in [0.25, 0.3) is 0 Å². The molecule has 4 heteroatoms. The highest BCUT2D eigenvalue weighted by Crippen LogP contribution is 2.24. The van der Waals surface area contributed by atoms with Crippen molar-refractivity contribution in [1.29, 1.82) is 0 Å². The molecule has 0 amide bonds. The third-order valence-electron chi connectivity index (χ3n) is 2.24. The van der Waals surface area contributed by atoms with Gasteiger partial charge < -0.3 is 0 Å². The zero-order valence-electron chi connectivity index (χ0n) is 9.59. The molecular weight excluding hydrogens is 243 g/mol. The van der Waals surface area contributed by atoms with Crippen molar-refractivity contribution in [2.45, 2.75) is 32.7 Å². The van der Waals surface area contributed by atoms with Crippen molar-refractivity contribution in [3.63, 3.8) is 0 Å². The maximum atomic E-state index is 5.84. The number of aliphatic imine (C=N–C) groups is 2. The maximum Gasteiger partial charge on any atom is 0.0954 e. The van der Waals surface area contributed by atoms with Gasteiger partial charge >= 0.3 is 0 Å². The number of hydrogen-bond acceptors (Lipinski definition) is 2. The molecular formula is C12H14Cl2N2. The summed E-state index contributed by atoms with van der Waals surface area (Å²) in [7, 11) is 0. The fourth-order valence-electron chi connectivity index (χ4n) is 0.901. The van der Waals surface area contributed by atoms with Crippen LogP contribution in [0.4, 0.5) is 5.69 Å². The van der Waals surface area contributed by atoms with E-state index >= 15 is 0 Å². The average molecular weight is 257 g/mol. The SMILES string of the molecule is CCC(C)(C)N=C=Nc1cc(Cl)cc(Cl)c1. The van der Waals surface area contributed by atoms with Gasteiger partial charge in [-0.05, 0) is 38.5 Å². The van der Waals surface area contributed by atoms with Gasteiger partial charge in [-0.1, -0.05) is 30.1 Å². The standard InChI is InChI=1S/C12H14Cl2N2/c1-4-12(2,3)16-8-15-11-6-9(13)5-10(14)7-11/h5-7H,4H2,1-3H3. The monoisotopic (exact) mass is 256 g/mol. The first-order valence-electron chi connectivity index (χ1n) is 5.07. The second-order valence-corrected chi connectivity index (χ2v) is 4.99. The first-order valence-corrected chi connectivity index (χ1v) is 5.82. The van der Waals surface area contributed by atoms with Crippen molar-refractivity contribution in [1.82, 2.24) is 0 Å². The fourth-order valence-corrected chi connectivity index (χ4v) is 1.42. The molecule has 86 valence electrons. The van der Waals surface area contributed by atoms with Crippen LogP contribution in [0, 0.1) is 0 Å². The lowest BCUT2D eigenvalue weighted by molar-refractivity contribution is 0.508. The Bertz CT molecular complexity index is 412. The molecule has 1 aromatic rings. The number of halogens is 2. The van der Waals surface area contributed by atoms with Gasteiger partial charge in [-0.3, -0.25) is 0 Å². The van der Waals surface area contributed by atoms with Crippen LogP contribution in [0.5, 0.6) is 0 Å². The predicted molar refractivity (Wildman–Crippen MR) is 70.4 cm³/mol. The summed E-state index contributed by atoms with van der Waals surface area (Å²) >= 11 is 11.7. The van der Waals surface area contributed by atoms with Gasteiger partial charge in [0, 0.05) is 10.0 Å². The smallest absolute Gasteiger partial charge is 0.0954 e. The zero-order valence-corrected chi connectivity index (χ0v) is 11.1. The van der Waals surface area contributed by atoms with Crippen molar-refractivity contribution >= 4 is 34.9 Å². The van der Waals surface area contributed by atoms with Crippen molar-refractivity contribution in [2.24, 2.45) is 9.98 Å². The summed E-state index contributed by atoms with van der Waals surface area (Å²) < 4.78 is 0. The summed E-state index contributed by atoms with van der Waals surface area (Å²) in [6.45, 7) is 6.13. The summed E-state index contributed by atoms with van der Waals surface area (Å²) in [6.07, 6.45) is 0.936. The minimum Gasteiger partial charge on any atom is -0.219 e. The molecule has 0 aliphatic heterocycles. The lowest BCUT2D eigenvalue weighted by Gasteiger charge is -2.13. The normalized spacial score (nSPS) is 10.8. The minimum atomic E-state index is -0.133. The van der Waals surface area contributed by atoms with Crippen LogP contribution < -0.4 is 0 Å². The number of rotatable bonds is 3. The maximum absolute atomic E-state index is 5.84. The van der Waals surface area contributed by atoms with Gasteiger partial charge in [0.2, 0.25) is 0 Å². The van der Waals surface area contributed by atoms with Crippen molar-refractivity contribution < 1.29 is 0 Å². The molecule has 0 heterocycles. The lowest BCUT2D eigenvalue weighted by atomic mass is 10.0. The van der Waals surface area contributed by atoms with E-state index < -0.39 is 0 Å². The largest absolute Gasteiger partial charge is 0.219 e. The molecule has 1 aromatic carbocycles. The molecule has 0 spiro atoms. The van der Waals surface area contributed by atoms with E-state index in [1.54, 1.807) is 18.2 Å². The van der Waals surface area contributed by atoms with Crippen LogP contribution in [0.3, 0.4) is 0 Å². The Morgan fingerprint density at radius 1 is 1.19 bits per heavy atom. The first kappa shape index (κ1) is 13.2. The quantitative estimate of drug-likeness (QED) is 0.681. The van der Waals surface area contributed by atoms with Crippen LogP contribution in [0.1, 0.15) is 27.2 Å². The molecule has 16 heavy (non-hydrogen) atoms. The first-order chi connectivity index (χ1) is 7.43. The van der Waals surface area contributed by atoms with Crippen molar-refractivity contribution in [2.75, 3.05) is 0 Å². The minimum absolute atomic E-state index is 0.133. The molecule has 0 fully saturated rings. The fraction of sp³-hybridized carbons (Fsp3) is 0.417. The molecule has 0 aliphatic rings. The number of hydrogen-bond donors (Lipinski definition) is 0. The van der Waals surface area contributed by atoms with E-state index in [1.165, 1.54) is 0 Å². The van der Waals surface area contributed by atoms with E-state index in [0.29, 0.717) is 15.7 Å². The van der Waals surface area contributed by atoms with Crippen molar-refractivity contribution in [3.05, 3.63) is 28.2 Å². The molecule has 0 bridgehead atoms. The second kappa shape index (κ2) is 5.49. The summed E-state index contributed by atoms with van der Waals surface area (Å²) in [6, 6.07) is 7.78. The highest BCUT2D eigenvalue weighted by Gasteiger charge is 2.10. The van der Waals surface area contributed by atoms with Gasteiger partial charge in [0.05, 0.1) is 17.2 Å². The third-order valence-corrected chi connectivity index (χ3v) is 2.68. The highest BCUT2D eigenvalue weighted by atomic mass is 35.5. The number of benzene rings is 1. The van der Waals surface area contributed by atoms with Crippen LogP contribution in [-0.4, -0.2) is 11.5 Å². The molecule has 1 rings (SSSR count). The van der Waals surface area contributed by atoms with Crippen LogP contribution in [0.15, 0.2) is 28.2 Å². The Hall–Kier alpha value is -0.820. The topological polar surface area (TPSA) is 24.7 Å². The highest BCUT2D eigenvalue weighted by molar-refractivity contribution is 6.35. The van der Waals surface area contributed by atoms with Gasteiger partial charge in [0.15, 0.2) is 0 Å². The van der Waals surface area contributed by atoms with E-state index in [2.05, 4.69) is 22.9 Å². The average Bonchev–Trinajstić information content (AvgIpc) is 2.16. The summed E-state index contributed by atoms with van der Waals surface area (Å²) in [4.78, 5) is 8.30. The van der Waals surface area contributed by atoms with Crippen molar-refractivity contribution in [3.8, 4) is 0 Å². The van der Waals surface area contributed by atoms with Crippen LogP contribution >= 0.6 is 23.2 Å². The predicted octanol–water partition coefficient (Wildman–Crippen LogP) is 4.99. The van der Waals surface area contributed by atoms with E-state index in [-0.39, 0.29) is 5.54 Å². The molecule has 0 aromatic heterocycles. The summed E-state index contributed by atoms with van der Waals surface area (Å²) in [5.41, 5.74) is 0.527. The molecule has 2 nitrogen and oxygen atoms in total. The second-order valence-electron chi connectivity index (χ2n) is 4.12. The van der Waals surface area contributed by atoms with E-state index in [1.807, 2.05) is 13.8 Å².